The summed E-state index contributed by atoms with van der Waals surface area (Å²) in [6.45, 7) is 2.05. The molecule has 1 atom stereocenters. The number of furan rings is 1. The van der Waals surface area contributed by atoms with Crippen molar-refractivity contribution in [3.63, 3.8) is 0 Å². The molecular weight excluding hydrogens is 288 g/mol. The monoisotopic (exact) mass is 308 g/mol. The molecule has 0 fully saturated rings. The zero-order valence-corrected chi connectivity index (χ0v) is 13.2. The van der Waals surface area contributed by atoms with Crippen LogP contribution in [0.15, 0.2) is 52.0 Å². The molecule has 0 aliphatic heterocycles. The summed E-state index contributed by atoms with van der Waals surface area (Å²) in [5, 5.41) is 3.32. The van der Waals surface area contributed by atoms with Gasteiger partial charge in [-0.1, -0.05) is 0 Å². The number of sulfonamides is 1. The lowest BCUT2D eigenvalue weighted by Crippen LogP contribution is -2.22. The third-order valence-corrected chi connectivity index (χ3v) is 4.96. The Hall–Kier alpha value is -1.79. The van der Waals surface area contributed by atoms with Crippen LogP contribution in [0, 0.1) is 0 Å². The number of hydrogen-bond donors (Lipinski definition) is 1. The van der Waals surface area contributed by atoms with Crippen molar-refractivity contribution in [2.45, 2.75) is 24.3 Å². The van der Waals surface area contributed by atoms with Gasteiger partial charge in [-0.05, 0) is 43.3 Å². The van der Waals surface area contributed by atoms with Crippen molar-refractivity contribution < 1.29 is 12.8 Å². The topological polar surface area (TPSA) is 62.6 Å². The summed E-state index contributed by atoms with van der Waals surface area (Å²) in [5.41, 5.74) is 0.881. The van der Waals surface area contributed by atoms with E-state index >= 15 is 0 Å². The molecule has 0 radical (unpaired) electrons. The molecule has 1 N–H and O–H groups in total. The molecule has 0 spiro atoms. The predicted octanol–water partition coefficient (Wildman–Crippen LogP) is 2.57. The minimum atomic E-state index is -3.37. The molecule has 1 heterocycles. The molecule has 0 aliphatic rings. The van der Waals surface area contributed by atoms with E-state index < -0.39 is 10.0 Å². The van der Waals surface area contributed by atoms with Crippen molar-refractivity contribution in [2.24, 2.45) is 0 Å². The fourth-order valence-electron chi connectivity index (χ4n) is 2.00. The van der Waals surface area contributed by atoms with E-state index in [0.717, 1.165) is 17.9 Å². The standard InChI is InChI=1S/C15H20N2O3S/c1-12(11-14-5-4-10-20-14)16-13-6-8-15(9-7-13)21(18,19)17(2)3/h4-10,12,16H,11H2,1-3H3. The van der Waals surface area contributed by atoms with Crippen LogP contribution in [0.5, 0.6) is 0 Å². The molecule has 114 valence electrons. The van der Waals surface area contributed by atoms with Gasteiger partial charge in [-0.3, -0.25) is 0 Å². The van der Waals surface area contributed by atoms with Crippen LogP contribution >= 0.6 is 0 Å². The van der Waals surface area contributed by atoms with Gasteiger partial charge in [0, 0.05) is 32.2 Å². The molecule has 21 heavy (non-hydrogen) atoms. The van der Waals surface area contributed by atoms with Crippen LogP contribution in [0.2, 0.25) is 0 Å². The SMILES string of the molecule is CC(Cc1ccco1)Nc1ccc(S(=O)(=O)N(C)C)cc1. The minimum absolute atomic E-state index is 0.187. The molecule has 1 unspecified atom stereocenters. The van der Waals surface area contributed by atoms with Gasteiger partial charge in [0.2, 0.25) is 10.0 Å². The lowest BCUT2D eigenvalue weighted by atomic mass is 10.2. The van der Waals surface area contributed by atoms with Gasteiger partial charge in [-0.15, -0.1) is 0 Å². The summed E-state index contributed by atoms with van der Waals surface area (Å²) < 4.78 is 30.5. The number of nitrogens with zero attached hydrogens (tertiary/aromatic N) is 1. The minimum Gasteiger partial charge on any atom is -0.469 e. The van der Waals surface area contributed by atoms with Gasteiger partial charge < -0.3 is 9.73 Å². The second kappa shape index (κ2) is 6.32. The average molecular weight is 308 g/mol. The van der Waals surface area contributed by atoms with E-state index in [1.54, 1.807) is 30.5 Å². The number of nitrogens with one attached hydrogen (secondary N) is 1. The zero-order valence-electron chi connectivity index (χ0n) is 12.4. The Balaban J connectivity index is 2.03. The number of benzene rings is 1. The molecule has 0 bridgehead atoms. The summed E-state index contributed by atoms with van der Waals surface area (Å²) in [5.74, 6) is 0.918. The van der Waals surface area contributed by atoms with Crippen LogP contribution in [0.4, 0.5) is 5.69 Å². The van der Waals surface area contributed by atoms with Gasteiger partial charge in [0.1, 0.15) is 5.76 Å². The molecule has 0 saturated carbocycles. The van der Waals surface area contributed by atoms with Crippen LogP contribution in [-0.2, 0) is 16.4 Å². The third-order valence-electron chi connectivity index (χ3n) is 3.13. The van der Waals surface area contributed by atoms with Crippen LogP contribution in [0.3, 0.4) is 0 Å². The summed E-state index contributed by atoms with van der Waals surface area (Å²) in [7, 11) is -0.331. The first kappa shape index (κ1) is 15.6. The van der Waals surface area contributed by atoms with E-state index in [1.165, 1.54) is 18.4 Å². The first-order valence-corrected chi connectivity index (χ1v) is 8.15. The summed E-state index contributed by atoms with van der Waals surface area (Å²) in [6, 6.07) is 10.7. The van der Waals surface area contributed by atoms with Crippen molar-refractivity contribution in [1.82, 2.24) is 4.31 Å². The van der Waals surface area contributed by atoms with Gasteiger partial charge >= 0.3 is 0 Å². The summed E-state index contributed by atoms with van der Waals surface area (Å²) in [6.07, 6.45) is 2.42. The van der Waals surface area contributed by atoms with Crippen LogP contribution in [-0.4, -0.2) is 32.9 Å². The fourth-order valence-corrected chi connectivity index (χ4v) is 2.90. The van der Waals surface area contributed by atoms with Crippen LogP contribution in [0.1, 0.15) is 12.7 Å². The van der Waals surface area contributed by atoms with Gasteiger partial charge in [-0.25, -0.2) is 12.7 Å². The molecular formula is C15H20N2O3S. The molecule has 0 aliphatic carbocycles. The van der Waals surface area contributed by atoms with E-state index in [2.05, 4.69) is 5.32 Å². The first-order chi connectivity index (χ1) is 9.89. The lowest BCUT2D eigenvalue weighted by Gasteiger charge is -2.15. The van der Waals surface area contributed by atoms with Crippen molar-refractivity contribution in [1.29, 1.82) is 0 Å². The molecule has 5 nitrogen and oxygen atoms in total. The largest absolute Gasteiger partial charge is 0.469 e. The second-order valence-electron chi connectivity index (χ2n) is 5.14. The maximum Gasteiger partial charge on any atom is 0.242 e. The van der Waals surface area contributed by atoms with Gasteiger partial charge in [0.25, 0.3) is 0 Å². The quantitative estimate of drug-likeness (QED) is 0.891. The number of hydrogen-bond acceptors (Lipinski definition) is 4. The number of rotatable bonds is 6. The number of anilines is 1. The molecule has 1 aromatic carbocycles. The highest BCUT2D eigenvalue weighted by Gasteiger charge is 2.16. The van der Waals surface area contributed by atoms with Crippen molar-refractivity contribution in [3.8, 4) is 0 Å². The Morgan fingerprint density at radius 2 is 1.86 bits per heavy atom. The van der Waals surface area contributed by atoms with Gasteiger partial charge in [-0.2, -0.15) is 0 Å². The average Bonchev–Trinajstić information content (AvgIpc) is 2.91. The van der Waals surface area contributed by atoms with Crippen LogP contribution < -0.4 is 5.32 Å². The third kappa shape index (κ3) is 3.86. The van der Waals surface area contributed by atoms with Crippen LogP contribution in [0.25, 0.3) is 0 Å². The van der Waals surface area contributed by atoms with E-state index in [4.69, 9.17) is 4.42 Å². The normalized spacial score (nSPS) is 13.3. The molecule has 1 aromatic heterocycles. The van der Waals surface area contributed by atoms with E-state index in [1.807, 2.05) is 19.1 Å². The fraction of sp³-hybridized carbons (Fsp3) is 0.333. The lowest BCUT2D eigenvalue weighted by molar-refractivity contribution is 0.498. The summed E-state index contributed by atoms with van der Waals surface area (Å²) >= 11 is 0. The first-order valence-electron chi connectivity index (χ1n) is 6.71. The molecule has 2 aromatic rings. The van der Waals surface area contributed by atoms with E-state index in [9.17, 15) is 8.42 Å². The summed E-state index contributed by atoms with van der Waals surface area (Å²) in [4.78, 5) is 0.289. The Morgan fingerprint density at radius 1 is 1.19 bits per heavy atom. The smallest absolute Gasteiger partial charge is 0.242 e. The maximum absolute atomic E-state index is 12.0. The molecule has 0 amide bonds. The molecule has 2 rings (SSSR count). The second-order valence-corrected chi connectivity index (χ2v) is 7.29. The van der Waals surface area contributed by atoms with Crippen molar-refractivity contribution in [3.05, 3.63) is 48.4 Å². The van der Waals surface area contributed by atoms with E-state index in [-0.39, 0.29) is 10.9 Å². The van der Waals surface area contributed by atoms with Crippen molar-refractivity contribution in [2.75, 3.05) is 19.4 Å². The molecule has 6 heteroatoms. The maximum atomic E-state index is 12.0. The van der Waals surface area contributed by atoms with Gasteiger partial charge in [0.05, 0.1) is 11.2 Å². The Morgan fingerprint density at radius 3 is 2.38 bits per heavy atom. The highest BCUT2D eigenvalue weighted by Crippen LogP contribution is 2.18. The Kier molecular flexibility index (Phi) is 4.69. The molecule has 0 saturated heterocycles. The Bertz CT molecular complexity index is 661. The van der Waals surface area contributed by atoms with Gasteiger partial charge in [0.15, 0.2) is 0 Å². The highest BCUT2D eigenvalue weighted by atomic mass is 32.2. The zero-order chi connectivity index (χ0) is 15.5. The highest BCUT2D eigenvalue weighted by molar-refractivity contribution is 7.89. The Labute approximate surface area is 125 Å². The van der Waals surface area contributed by atoms with E-state index in [0.29, 0.717) is 0 Å². The predicted molar refractivity (Wildman–Crippen MR) is 82.8 cm³/mol. The van der Waals surface area contributed by atoms with Crippen molar-refractivity contribution >= 4 is 15.7 Å².